The molecule has 0 saturated heterocycles. The summed E-state index contributed by atoms with van der Waals surface area (Å²) < 4.78 is 64.3. The first-order valence-corrected chi connectivity index (χ1v) is 9.05. The molecule has 0 heterocycles. The molecule has 0 bridgehead atoms. The summed E-state index contributed by atoms with van der Waals surface area (Å²) in [6, 6.07) is 8.86. The van der Waals surface area contributed by atoms with Gasteiger partial charge in [-0.15, -0.1) is 0 Å². The number of sulfonamides is 1. The maximum atomic E-state index is 12.6. The third-order valence-electron chi connectivity index (χ3n) is 3.11. The molecule has 2 rings (SSSR count). The molecule has 0 unspecified atom stereocenters. The quantitative estimate of drug-likeness (QED) is 0.798. The second-order valence-electron chi connectivity index (χ2n) is 5.01. The van der Waals surface area contributed by atoms with Gasteiger partial charge in [0, 0.05) is 16.6 Å². The molecule has 1 N–H and O–H groups in total. The van der Waals surface area contributed by atoms with Gasteiger partial charge in [0.05, 0.1) is 11.3 Å². The molecule has 0 saturated carbocycles. The van der Waals surface area contributed by atoms with E-state index in [1.54, 1.807) is 0 Å². The van der Waals surface area contributed by atoms with Crippen LogP contribution in [0.5, 0.6) is 0 Å². The molecule has 0 aromatic heterocycles. The molecule has 0 fully saturated rings. The Labute approximate surface area is 147 Å². The Kier molecular flexibility index (Phi) is 5.80. The fourth-order valence-electron chi connectivity index (χ4n) is 1.95. The van der Waals surface area contributed by atoms with E-state index in [0.29, 0.717) is 10.6 Å². The van der Waals surface area contributed by atoms with Gasteiger partial charge in [0.1, 0.15) is 0 Å². The number of halogens is 5. The van der Waals surface area contributed by atoms with Crippen molar-refractivity contribution in [3.8, 4) is 0 Å². The van der Waals surface area contributed by atoms with Crippen molar-refractivity contribution >= 4 is 33.2 Å². The molecule has 3 nitrogen and oxygen atoms in total. The lowest BCUT2D eigenvalue weighted by Crippen LogP contribution is -2.25. The molecule has 24 heavy (non-hydrogen) atoms. The predicted octanol–water partition coefficient (Wildman–Crippen LogP) is 4.63. The van der Waals surface area contributed by atoms with Gasteiger partial charge in [-0.2, -0.15) is 13.2 Å². The summed E-state index contributed by atoms with van der Waals surface area (Å²) in [6.45, 7) is -0.253. The summed E-state index contributed by atoms with van der Waals surface area (Å²) in [5, 5.41) is 0.574. The molecule has 0 aliphatic rings. The van der Waals surface area contributed by atoms with Gasteiger partial charge in [-0.25, -0.2) is 13.1 Å². The molecule has 0 spiro atoms. The fraction of sp³-hybridized carbons (Fsp3) is 0.200. The van der Waals surface area contributed by atoms with Crippen molar-refractivity contribution in [3.63, 3.8) is 0 Å². The van der Waals surface area contributed by atoms with Crippen LogP contribution in [-0.2, 0) is 28.5 Å². The molecule has 0 radical (unpaired) electrons. The Morgan fingerprint density at radius 3 is 2.38 bits per heavy atom. The Morgan fingerprint density at radius 1 is 1.04 bits per heavy atom. The zero-order valence-electron chi connectivity index (χ0n) is 12.1. The zero-order valence-corrected chi connectivity index (χ0v) is 14.4. The van der Waals surface area contributed by atoms with Crippen LogP contribution in [0, 0.1) is 0 Å². The van der Waals surface area contributed by atoms with Crippen LogP contribution < -0.4 is 4.72 Å². The minimum Gasteiger partial charge on any atom is -0.212 e. The van der Waals surface area contributed by atoms with E-state index in [0.717, 1.165) is 12.1 Å². The van der Waals surface area contributed by atoms with Crippen molar-refractivity contribution in [2.45, 2.75) is 18.5 Å². The summed E-state index contributed by atoms with van der Waals surface area (Å²) in [4.78, 5) is 0. The lowest BCUT2D eigenvalue weighted by Gasteiger charge is -2.11. The number of hydrogen-bond donors (Lipinski definition) is 1. The van der Waals surface area contributed by atoms with Crippen LogP contribution in [0.4, 0.5) is 13.2 Å². The smallest absolute Gasteiger partial charge is 0.212 e. The van der Waals surface area contributed by atoms with Crippen molar-refractivity contribution in [2.24, 2.45) is 0 Å². The van der Waals surface area contributed by atoms with Crippen molar-refractivity contribution in [2.75, 3.05) is 0 Å². The fourth-order valence-corrected chi connectivity index (χ4v) is 3.65. The standard InChI is InChI=1S/C15H12Cl2F3NO2S/c16-13-5-4-11(14(17)7-13)9-24(22,23)21-8-10-2-1-3-12(6-10)15(18,19)20/h1-7,21H,8-9H2. The molecule has 0 atom stereocenters. The van der Waals surface area contributed by atoms with E-state index < -0.39 is 27.5 Å². The van der Waals surface area contributed by atoms with E-state index in [4.69, 9.17) is 23.2 Å². The van der Waals surface area contributed by atoms with Crippen LogP contribution in [0.1, 0.15) is 16.7 Å². The van der Waals surface area contributed by atoms with E-state index in [9.17, 15) is 21.6 Å². The van der Waals surface area contributed by atoms with E-state index in [1.807, 2.05) is 0 Å². The summed E-state index contributed by atoms with van der Waals surface area (Å²) in [7, 11) is -3.78. The largest absolute Gasteiger partial charge is 0.416 e. The SMILES string of the molecule is O=S(=O)(Cc1ccc(Cl)cc1Cl)NCc1cccc(C(F)(F)F)c1. The number of rotatable bonds is 5. The average Bonchev–Trinajstić information content (AvgIpc) is 2.48. The maximum absolute atomic E-state index is 12.6. The lowest BCUT2D eigenvalue weighted by atomic mass is 10.1. The van der Waals surface area contributed by atoms with Crippen molar-refractivity contribution in [1.82, 2.24) is 4.72 Å². The second-order valence-corrected chi connectivity index (χ2v) is 7.66. The Bertz CT molecular complexity index is 839. The van der Waals surface area contributed by atoms with E-state index in [-0.39, 0.29) is 17.1 Å². The monoisotopic (exact) mass is 397 g/mol. The van der Waals surface area contributed by atoms with Gasteiger partial charge in [0.25, 0.3) is 0 Å². The predicted molar refractivity (Wildman–Crippen MR) is 87.4 cm³/mol. The third-order valence-corrected chi connectivity index (χ3v) is 4.97. The molecule has 0 amide bonds. The Morgan fingerprint density at radius 2 is 1.75 bits per heavy atom. The summed E-state index contributed by atoms with van der Waals surface area (Å²) in [5.74, 6) is -0.401. The molecule has 2 aromatic rings. The second kappa shape index (κ2) is 7.31. The van der Waals surface area contributed by atoms with E-state index in [2.05, 4.69) is 4.72 Å². The lowest BCUT2D eigenvalue weighted by molar-refractivity contribution is -0.137. The first kappa shape index (κ1) is 19.1. The van der Waals surface area contributed by atoms with Crippen molar-refractivity contribution < 1.29 is 21.6 Å². The van der Waals surface area contributed by atoms with Crippen LogP contribution >= 0.6 is 23.2 Å². The van der Waals surface area contributed by atoms with Gasteiger partial charge < -0.3 is 0 Å². The average molecular weight is 398 g/mol. The van der Waals surface area contributed by atoms with Gasteiger partial charge >= 0.3 is 6.18 Å². The van der Waals surface area contributed by atoms with Crippen LogP contribution in [0.3, 0.4) is 0 Å². The van der Waals surface area contributed by atoms with Gasteiger partial charge in [-0.05, 0) is 29.3 Å². The summed E-state index contributed by atoms with van der Waals surface area (Å²) in [6.07, 6.45) is -4.48. The highest BCUT2D eigenvalue weighted by atomic mass is 35.5. The summed E-state index contributed by atoms with van der Waals surface area (Å²) >= 11 is 11.7. The highest BCUT2D eigenvalue weighted by molar-refractivity contribution is 7.88. The molecule has 130 valence electrons. The molecule has 0 aliphatic heterocycles. The van der Waals surface area contributed by atoms with Crippen LogP contribution in [-0.4, -0.2) is 8.42 Å². The molecule has 0 aliphatic carbocycles. The number of alkyl halides is 3. The maximum Gasteiger partial charge on any atom is 0.416 e. The number of nitrogens with one attached hydrogen (secondary N) is 1. The first-order valence-electron chi connectivity index (χ1n) is 6.64. The van der Waals surface area contributed by atoms with E-state index in [1.165, 1.54) is 30.3 Å². The molecular formula is C15H12Cl2F3NO2S. The zero-order chi connectivity index (χ0) is 18.0. The third kappa shape index (κ3) is 5.37. The first-order chi connectivity index (χ1) is 11.1. The number of benzene rings is 2. The Hall–Kier alpha value is -1.28. The van der Waals surface area contributed by atoms with Gasteiger partial charge in [0.2, 0.25) is 10.0 Å². The van der Waals surface area contributed by atoms with Crippen molar-refractivity contribution in [3.05, 3.63) is 69.2 Å². The van der Waals surface area contributed by atoms with Gasteiger partial charge in [-0.3, -0.25) is 0 Å². The van der Waals surface area contributed by atoms with Crippen LogP contribution in [0.15, 0.2) is 42.5 Å². The Balaban J connectivity index is 2.08. The molecule has 9 heteroatoms. The highest BCUT2D eigenvalue weighted by Gasteiger charge is 2.30. The minimum absolute atomic E-state index is 0.201. The van der Waals surface area contributed by atoms with Crippen LogP contribution in [0.25, 0.3) is 0 Å². The topological polar surface area (TPSA) is 46.2 Å². The van der Waals surface area contributed by atoms with Gasteiger partial charge in [-0.1, -0.05) is 47.5 Å². The normalized spacial score (nSPS) is 12.4. The van der Waals surface area contributed by atoms with Crippen LogP contribution in [0.2, 0.25) is 10.0 Å². The minimum atomic E-state index is -4.48. The number of hydrogen-bond acceptors (Lipinski definition) is 2. The molecular weight excluding hydrogens is 386 g/mol. The van der Waals surface area contributed by atoms with E-state index >= 15 is 0 Å². The highest BCUT2D eigenvalue weighted by Crippen LogP contribution is 2.29. The summed E-state index contributed by atoms with van der Waals surface area (Å²) in [5.41, 5.74) is -0.284. The van der Waals surface area contributed by atoms with Gasteiger partial charge in [0.15, 0.2) is 0 Å². The molecule has 2 aromatic carbocycles. The van der Waals surface area contributed by atoms with Crippen molar-refractivity contribution in [1.29, 1.82) is 0 Å².